The maximum atomic E-state index is 14.5. The van der Waals surface area contributed by atoms with Gasteiger partial charge in [-0.3, -0.25) is 95.9 Å². The molecule has 3 rings (SSSR count). The summed E-state index contributed by atoms with van der Waals surface area (Å²) in [6, 6.07) is -14.6. The molecule has 0 spiro atoms. The largest absolute Gasteiger partial charge is 0.481 e. The van der Waals surface area contributed by atoms with Crippen LogP contribution in [0.4, 0.5) is 0 Å². The fourth-order valence-corrected chi connectivity index (χ4v) is 13.1. The van der Waals surface area contributed by atoms with E-state index in [2.05, 4.69) is 77.0 Å². The molecule has 0 aromatic carbocycles. The summed E-state index contributed by atoms with van der Waals surface area (Å²) in [7, 11) is 0. The molecule has 2 aliphatic heterocycles. The molecule has 1 aliphatic carbocycles. The van der Waals surface area contributed by atoms with Crippen LogP contribution in [-0.4, -0.2) is 248 Å². The minimum absolute atomic E-state index is 0.0599. The number of likely N-dealkylation sites (tertiary alicyclic amines) is 2. The number of nitrogens with zero attached hydrogens (tertiary/aromatic N) is 2. The lowest BCUT2D eigenvalue weighted by Crippen LogP contribution is -2.65. The van der Waals surface area contributed by atoms with Crippen LogP contribution >= 0.6 is 0 Å². The van der Waals surface area contributed by atoms with Crippen LogP contribution in [0.2, 0.25) is 0 Å². The maximum absolute atomic E-state index is 14.5. The summed E-state index contributed by atoms with van der Waals surface area (Å²) >= 11 is 0. The number of aliphatic carboxylic acids is 3. The van der Waals surface area contributed by atoms with Crippen molar-refractivity contribution in [3.63, 3.8) is 0 Å². The Labute approximate surface area is 676 Å². The molecule has 0 radical (unpaired) electrons. The first kappa shape index (κ1) is 101. The zero-order valence-corrected chi connectivity index (χ0v) is 69.1. The second kappa shape index (κ2) is 50.6. The number of carboxylic acid groups (broad SMARTS) is 3. The topological polar surface area (TPSA) is 562 Å². The molecule has 0 aromatic rings. The van der Waals surface area contributed by atoms with Gasteiger partial charge in [-0.05, 0) is 115 Å². The van der Waals surface area contributed by atoms with Crippen molar-refractivity contribution in [2.45, 2.75) is 297 Å². The maximum Gasteiger partial charge on any atom is 0.306 e. The lowest BCUT2D eigenvalue weighted by molar-refractivity contribution is -0.155. The van der Waals surface area contributed by atoms with Crippen LogP contribution in [0, 0.1) is 23.7 Å². The lowest BCUT2D eigenvalue weighted by Gasteiger charge is -2.43. The molecule has 116 heavy (non-hydrogen) atoms. The van der Waals surface area contributed by atoms with Gasteiger partial charge >= 0.3 is 23.9 Å². The van der Waals surface area contributed by atoms with Gasteiger partial charge in [0.25, 0.3) is 11.8 Å². The molecule has 15 N–H and O–H groups in total. The Kier molecular flexibility index (Phi) is 44.2. The van der Waals surface area contributed by atoms with Crippen molar-refractivity contribution < 1.29 is 116 Å². The molecular formula is C78H124N14O24. The van der Waals surface area contributed by atoms with Crippen LogP contribution in [0.25, 0.3) is 0 Å². The van der Waals surface area contributed by atoms with Gasteiger partial charge in [-0.15, -0.1) is 13.2 Å². The number of ether oxygens (including phenoxy) is 1. The van der Waals surface area contributed by atoms with E-state index in [1.54, 1.807) is 76.2 Å². The molecule has 650 valence electrons. The average Bonchev–Trinajstić information content (AvgIpc) is 1.05. The molecule has 7 unspecified atom stereocenters. The van der Waals surface area contributed by atoms with Crippen LogP contribution < -0.4 is 63.8 Å². The number of nitrogens with one attached hydrogen (secondary N) is 12. The molecule has 12 atom stereocenters. The smallest absolute Gasteiger partial charge is 0.306 e. The van der Waals surface area contributed by atoms with Gasteiger partial charge in [-0.2, -0.15) is 0 Å². The van der Waals surface area contributed by atoms with Crippen LogP contribution in [0.5, 0.6) is 0 Å². The first-order chi connectivity index (χ1) is 54.3. The van der Waals surface area contributed by atoms with Gasteiger partial charge in [-0.1, -0.05) is 99.6 Å². The summed E-state index contributed by atoms with van der Waals surface area (Å²) in [4.78, 5) is 260. The first-order valence-corrected chi connectivity index (χ1v) is 39.7. The van der Waals surface area contributed by atoms with E-state index in [4.69, 9.17) is 9.84 Å². The standard InChI is InChI=1S/C43H69N7O12.C35H55N7O12/c1-9-15-28(36(55)41(60)44-23-10-2)46-39(58)31-18-14-24-50(31)42(61)35(27-16-12-11-13-17-27)49-40(59)34(25(3)4)48-38(57)30(20-22-33(54)62-43(6,7)8)47-37(56)29(45-26(5)51)19-21-32(52)53;1-8-10-21(29(48)34(53)36-16-9-2)38-32(51)24-15-17-42(24)35(54)28(19(5)6)41-33(52)27(18(3)4)40-31(50)23(12-14-26(46)47)39-30(49)22(37-20(7)43)11-13-25(44)45/h10,25,27-31,34-35H,2,9,11-24H2,1,3-8H3,(H,44,60)(H,45,51)(H,46,58)(H,47,56)(H,48,57)(H,49,59)(H,52,53);9,18-19,21-24,27-28H,2,8,10-17H2,1,3-7H3,(H,36,53)(H,37,43)(H,38,51)(H,39,49)(H,40,50)(H,41,52)(H,44,45)(H,46,47)/t;21?,22-,23-,24-,27-,28-/m.0/s1. The van der Waals surface area contributed by atoms with E-state index in [1.807, 2.05) is 0 Å². The van der Waals surface area contributed by atoms with Gasteiger partial charge in [0, 0.05) is 65.7 Å². The third-order valence-electron chi connectivity index (χ3n) is 19.2. The van der Waals surface area contributed by atoms with Crippen molar-refractivity contribution in [3.8, 4) is 0 Å². The van der Waals surface area contributed by atoms with Gasteiger partial charge < -0.3 is 93.7 Å². The van der Waals surface area contributed by atoms with E-state index in [9.17, 15) is 106 Å². The number of hydrogen-bond acceptors (Lipinski definition) is 21. The molecule has 3 fully saturated rings. The number of amides is 14. The summed E-state index contributed by atoms with van der Waals surface area (Å²) in [6.45, 7) is 28.2. The molecular weight excluding hydrogens is 1520 g/mol. The molecule has 2 saturated heterocycles. The number of ketones is 2. The zero-order chi connectivity index (χ0) is 88.0. The number of Topliss-reactive ketones (excluding diaryl/α,β-unsaturated/α-hetero) is 2. The van der Waals surface area contributed by atoms with Crippen LogP contribution in [0.3, 0.4) is 0 Å². The average molecular weight is 1640 g/mol. The Morgan fingerprint density at radius 3 is 1.13 bits per heavy atom. The fourth-order valence-electron chi connectivity index (χ4n) is 13.1. The number of rotatable bonds is 48. The third kappa shape index (κ3) is 35.2. The molecule has 2 heterocycles. The van der Waals surface area contributed by atoms with E-state index in [0.29, 0.717) is 38.5 Å². The van der Waals surface area contributed by atoms with Gasteiger partial charge in [0.1, 0.15) is 66.0 Å². The predicted molar refractivity (Wildman–Crippen MR) is 419 cm³/mol. The molecule has 0 bridgehead atoms. The highest BCUT2D eigenvalue weighted by Crippen LogP contribution is 2.30. The Morgan fingerprint density at radius 2 is 0.776 bits per heavy atom. The normalized spacial score (nSPS) is 17.1. The monoisotopic (exact) mass is 1640 g/mol. The molecule has 38 heteroatoms. The number of carbonyl (C=O) groups excluding carboxylic acids is 17. The van der Waals surface area contributed by atoms with Crippen molar-refractivity contribution >= 4 is 118 Å². The highest BCUT2D eigenvalue weighted by Gasteiger charge is 2.46. The number of hydrogen-bond donors (Lipinski definition) is 15. The van der Waals surface area contributed by atoms with Crippen molar-refractivity contribution in [1.29, 1.82) is 0 Å². The van der Waals surface area contributed by atoms with Crippen LogP contribution in [0.15, 0.2) is 25.3 Å². The highest BCUT2D eigenvalue weighted by atomic mass is 16.6. The van der Waals surface area contributed by atoms with Crippen LogP contribution in [0.1, 0.15) is 218 Å². The van der Waals surface area contributed by atoms with Crippen molar-refractivity contribution in [3.05, 3.63) is 25.3 Å². The summed E-state index contributed by atoms with van der Waals surface area (Å²) in [5.74, 6) is -18.5. The quantitative estimate of drug-likeness (QED) is 0.0218. The molecule has 3 aliphatic rings. The second-order valence-electron chi connectivity index (χ2n) is 31.1. The molecule has 14 amide bonds. The lowest BCUT2D eigenvalue weighted by atomic mass is 9.83. The minimum Gasteiger partial charge on any atom is -0.481 e. The molecule has 38 nitrogen and oxygen atoms in total. The van der Waals surface area contributed by atoms with Gasteiger partial charge in [0.2, 0.25) is 82.5 Å². The van der Waals surface area contributed by atoms with E-state index >= 15 is 0 Å². The zero-order valence-electron chi connectivity index (χ0n) is 69.1. The van der Waals surface area contributed by atoms with Crippen molar-refractivity contribution in [1.82, 2.24) is 73.6 Å². The Morgan fingerprint density at radius 1 is 0.414 bits per heavy atom. The van der Waals surface area contributed by atoms with Crippen molar-refractivity contribution in [2.75, 3.05) is 26.2 Å². The van der Waals surface area contributed by atoms with E-state index < -0.39 is 240 Å². The summed E-state index contributed by atoms with van der Waals surface area (Å²) in [6.07, 6.45) is 5.80. The van der Waals surface area contributed by atoms with Gasteiger partial charge in [-0.25, -0.2) is 0 Å². The molecule has 1 saturated carbocycles. The first-order valence-electron chi connectivity index (χ1n) is 39.7. The Bertz CT molecular complexity index is 3520. The number of carboxylic acids is 3. The SMILES string of the molecule is C=CCNC(=O)C(=O)C(CCC)NC(=O)C1CCCN1C(=O)C(NC(=O)C(NC(=O)C(CCC(=O)OC(C)(C)C)NC(=O)C(CCC(=O)O)NC(C)=O)C(C)C)C1CCCCC1.C=CCNC(=O)C(=O)C(CCC)NC(=O)[C@@H]1CCN1C(=O)[C@@H](NC(=O)[C@@H](NC(=O)[C@H](CCC(=O)O)NC(=O)[C@H](CCC(=O)O)NC(C)=O)C(C)C)C(C)C. The number of carbonyl (C=O) groups is 20. The van der Waals surface area contributed by atoms with E-state index in [0.717, 1.165) is 33.1 Å². The van der Waals surface area contributed by atoms with E-state index in [1.165, 1.54) is 22.0 Å². The second-order valence-corrected chi connectivity index (χ2v) is 31.1. The van der Waals surface area contributed by atoms with Crippen LogP contribution in [-0.2, 0) is 101 Å². The van der Waals surface area contributed by atoms with Gasteiger partial charge in [0.15, 0.2) is 0 Å². The predicted octanol–water partition coefficient (Wildman–Crippen LogP) is 0.0599. The fraction of sp³-hybridized carbons (Fsp3) is 0.692. The highest BCUT2D eigenvalue weighted by molar-refractivity contribution is 6.39. The Hall–Kier alpha value is -10.7. The van der Waals surface area contributed by atoms with Gasteiger partial charge in [0.05, 0.1) is 12.1 Å². The minimum atomic E-state index is -1.51. The molecule has 0 aromatic heterocycles. The van der Waals surface area contributed by atoms with Crippen molar-refractivity contribution in [2.24, 2.45) is 23.7 Å². The summed E-state index contributed by atoms with van der Waals surface area (Å²) < 4.78 is 5.38. The Balaban J connectivity index is 0.000000795. The number of esters is 1. The summed E-state index contributed by atoms with van der Waals surface area (Å²) in [5.41, 5.74) is -0.850. The van der Waals surface area contributed by atoms with E-state index in [-0.39, 0.29) is 77.0 Å². The summed E-state index contributed by atoms with van der Waals surface area (Å²) in [5, 5.41) is 57.8. The third-order valence-corrected chi connectivity index (χ3v) is 19.2.